The number of anilines is 1. The molecule has 148 valence electrons. The lowest BCUT2D eigenvalue weighted by Crippen LogP contribution is -2.49. The first kappa shape index (κ1) is 19.5. The number of hydrogen-bond acceptors (Lipinski definition) is 6. The molecule has 0 radical (unpaired) electrons. The van der Waals surface area contributed by atoms with E-state index >= 15 is 0 Å². The van der Waals surface area contributed by atoms with Crippen molar-refractivity contribution < 1.29 is 14.3 Å². The maximum atomic E-state index is 12.4. The second kappa shape index (κ2) is 9.12. The lowest BCUT2D eigenvalue weighted by Gasteiger charge is -2.35. The topological polar surface area (TPSA) is 87.7 Å². The molecule has 3 heterocycles. The fourth-order valence-electron chi connectivity index (χ4n) is 3.50. The molecule has 2 aliphatic rings. The highest BCUT2D eigenvalue weighted by Crippen LogP contribution is 2.14. The summed E-state index contributed by atoms with van der Waals surface area (Å²) in [6, 6.07) is 1.95. The number of piperazine rings is 1. The van der Waals surface area contributed by atoms with Crippen molar-refractivity contribution >= 4 is 17.8 Å². The van der Waals surface area contributed by atoms with Crippen LogP contribution in [0, 0.1) is 13.8 Å². The van der Waals surface area contributed by atoms with Crippen LogP contribution in [0.15, 0.2) is 6.07 Å². The zero-order valence-electron chi connectivity index (χ0n) is 16.2. The van der Waals surface area contributed by atoms with Crippen molar-refractivity contribution in [3.05, 3.63) is 17.5 Å². The Balaban J connectivity index is 1.38. The molecule has 0 spiro atoms. The number of nitrogens with one attached hydrogen (secondary N) is 1. The Morgan fingerprint density at radius 1 is 1.15 bits per heavy atom. The molecular formula is C19H29N5O3. The molecule has 2 saturated heterocycles. The molecule has 0 saturated carbocycles. The number of amides is 2. The highest BCUT2D eigenvalue weighted by atomic mass is 16.5. The van der Waals surface area contributed by atoms with E-state index in [-0.39, 0.29) is 30.8 Å². The molecule has 0 bridgehead atoms. The molecule has 8 heteroatoms. The number of ether oxygens (including phenoxy) is 1. The standard InChI is InChI=1S/C19H29N5O3/c1-14-12-15(2)22-19(21-14)24-9-7-23(8-10-24)18(26)6-5-17(25)20-13-16-4-3-11-27-16/h12,16H,3-11,13H2,1-2H3,(H,20,25)/t16-/m0/s1. The normalized spacial score (nSPS) is 20.0. The fourth-order valence-corrected chi connectivity index (χ4v) is 3.50. The van der Waals surface area contributed by atoms with E-state index in [1.807, 2.05) is 24.8 Å². The van der Waals surface area contributed by atoms with Gasteiger partial charge in [0.25, 0.3) is 0 Å². The van der Waals surface area contributed by atoms with Gasteiger partial charge in [0.2, 0.25) is 17.8 Å². The van der Waals surface area contributed by atoms with Crippen LogP contribution in [-0.4, -0.2) is 72.1 Å². The van der Waals surface area contributed by atoms with E-state index in [0.29, 0.717) is 32.7 Å². The van der Waals surface area contributed by atoms with Crippen LogP contribution in [0.5, 0.6) is 0 Å². The van der Waals surface area contributed by atoms with Crippen molar-refractivity contribution in [2.45, 2.75) is 45.6 Å². The quantitative estimate of drug-likeness (QED) is 0.792. The predicted octanol–water partition coefficient (Wildman–Crippen LogP) is 0.817. The number of aromatic nitrogens is 2. The minimum absolute atomic E-state index is 0.0308. The molecular weight excluding hydrogens is 346 g/mol. The van der Waals surface area contributed by atoms with Crippen LogP contribution in [-0.2, 0) is 14.3 Å². The maximum Gasteiger partial charge on any atom is 0.225 e. The summed E-state index contributed by atoms with van der Waals surface area (Å²) in [5.41, 5.74) is 1.90. The molecule has 27 heavy (non-hydrogen) atoms. The van der Waals surface area contributed by atoms with Crippen molar-refractivity contribution in [2.24, 2.45) is 0 Å². The van der Waals surface area contributed by atoms with Gasteiger partial charge in [-0.3, -0.25) is 9.59 Å². The predicted molar refractivity (Wildman–Crippen MR) is 102 cm³/mol. The van der Waals surface area contributed by atoms with Gasteiger partial charge < -0.3 is 19.9 Å². The number of carbonyl (C=O) groups excluding carboxylic acids is 2. The Labute approximate surface area is 160 Å². The van der Waals surface area contributed by atoms with Crippen LogP contribution in [0.2, 0.25) is 0 Å². The summed E-state index contributed by atoms with van der Waals surface area (Å²) < 4.78 is 5.48. The van der Waals surface area contributed by atoms with Gasteiger partial charge in [-0.05, 0) is 32.8 Å². The first-order chi connectivity index (χ1) is 13.0. The van der Waals surface area contributed by atoms with Crippen molar-refractivity contribution in [3.8, 4) is 0 Å². The van der Waals surface area contributed by atoms with E-state index in [9.17, 15) is 9.59 Å². The van der Waals surface area contributed by atoms with Gasteiger partial charge in [0, 0.05) is 63.6 Å². The summed E-state index contributed by atoms with van der Waals surface area (Å²) in [7, 11) is 0. The highest BCUT2D eigenvalue weighted by Gasteiger charge is 2.23. The fraction of sp³-hybridized carbons (Fsp3) is 0.684. The number of carbonyl (C=O) groups is 2. The average molecular weight is 375 g/mol. The van der Waals surface area contributed by atoms with Crippen molar-refractivity contribution in [1.82, 2.24) is 20.2 Å². The third kappa shape index (κ3) is 5.63. The zero-order valence-corrected chi connectivity index (χ0v) is 16.2. The second-order valence-corrected chi connectivity index (χ2v) is 7.26. The molecule has 2 amide bonds. The number of nitrogens with zero attached hydrogens (tertiary/aromatic N) is 4. The van der Waals surface area contributed by atoms with Crippen LogP contribution in [0.25, 0.3) is 0 Å². The third-order valence-corrected chi connectivity index (χ3v) is 5.00. The summed E-state index contributed by atoms with van der Waals surface area (Å²) >= 11 is 0. The van der Waals surface area contributed by atoms with E-state index in [1.54, 1.807) is 0 Å². The van der Waals surface area contributed by atoms with Gasteiger partial charge in [0.15, 0.2) is 0 Å². The van der Waals surface area contributed by atoms with Crippen molar-refractivity contribution in [1.29, 1.82) is 0 Å². The average Bonchev–Trinajstić information content (AvgIpc) is 3.17. The second-order valence-electron chi connectivity index (χ2n) is 7.26. The zero-order chi connectivity index (χ0) is 19.2. The first-order valence-corrected chi connectivity index (χ1v) is 9.74. The minimum Gasteiger partial charge on any atom is -0.376 e. The van der Waals surface area contributed by atoms with Crippen molar-refractivity contribution in [2.75, 3.05) is 44.2 Å². The largest absolute Gasteiger partial charge is 0.376 e. The van der Waals surface area contributed by atoms with Crippen LogP contribution < -0.4 is 10.2 Å². The Morgan fingerprint density at radius 2 is 1.85 bits per heavy atom. The van der Waals surface area contributed by atoms with Gasteiger partial charge in [0.05, 0.1) is 6.10 Å². The van der Waals surface area contributed by atoms with E-state index in [4.69, 9.17) is 4.74 Å². The van der Waals surface area contributed by atoms with E-state index in [2.05, 4.69) is 20.2 Å². The molecule has 0 unspecified atom stereocenters. The molecule has 2 fully saturated rings. The molecule has 1 atom stereocenters. The molecule has 8 nitrogen and oxygen atoms in total. The summed E-state index contributed by atoms with van der Waals surface area (Å²) in [5.74, 6) is 0.678. The van der Waals surface area contributed by atoms with Crippen LogP contribution in [0.1, 0.15) is 37.1 Å². The van der Waals surface area contributed by atoms with Crippen LogP contribution in [0.3, 0.4) is 0 Å². The molecule has 1 aromatic heterocycles. The number of aryl methyl sites for hydroxylation is 2. The maximum absolute atomic E-state index is 12.4. The van der Waals surface area contributed by atoms with Gasteiger partial charge in [-0.1, -0.05) is 0 Å². The summed E-state index contributed by atoms with van der Waals surface area (Å²) in [5, 5.41) is 2.86. The molecule has 1 aromatic rings. The number of rotatable bonds is 6. The molecule has 0 aromatic carbocycles. The Morgan fingerprint density at radius 3 is 2.48 bits per heavy atom. The Kier molecular flexibility index (Phi) is 6.60. The van der Waals surface area contributed by atoms with Crippen LogP contribution >= 0.6 is 0 Å². The molecule has 2 aliphatic heterocycles. The summed E-state index contributed by atoms with van der Waals surface area (Å²) in [4.78, 5) is 37.2. The lowest BCUT2D eigenvalue weighted by atomic mass is 10.2. The van der Waals surface area contributed by atoms with Gasteiger partial charge in [-0.2, -0.15) is 0 Å². The van der Waals surface area contributed by atoms with Crippen molar-refractivity contribution in [3.63, 3.8) is 0 Å². The SMILES string of the molecule is Cc1cc(C)nc(N2CCN(C(=O)CCC(=O)NC[C@@H]3CCCO3)CC2)n1. The summed E-state index contributed by atoms with van der Waals surface area (Å²) in [6.45, 7) is 7.92. The minimum atomic E-state index is -0.0823. The highest BCUT2D eigenvalue weighted by molar-refractivity contribution is 5.83. The Bertz CT molecular complexity index is 647. The Hall–Kier alpha value is -2.22. The third-order valence-electron chi connectivity index (χ3n) is 5.00. The van der Waals surface area contributed by atoms with E-state index < -0.39 is 0 Å². The van der Waals surface area contributed by atoms with E-state index in [0.717, 1.165) is 36.8 Å². The van der Waals surface area contributed by atoms with Gasteiger partial charge in [0.1, 0.15) is 0 Å². The lowest BCUT2D eigenvalue weighted by molar-refractivity contribution is -0.134. The van der Waals surface area contributed by atoms with E-state index in [1.165, 1.54) is 0 Å². The summed E-state index contributed by atoms with van der Waals surface area (Å²) in [6.07, 6.45) is 2.65. The smallest absolute Gasteiger partial charge is 0.225 e. The van der Waals surface area contributed by atoms with Gasteiger partial charge in [-0.25, -0.2) is 9.97 Å². The molecule has 3 rings (SSSR count). The monoisotopic (exact) mass is 375 g/mol. The van der Waals surface area contributed by atoms with Gasteiger partial charge in [-0.15, -0.1) is 0 Å². The molecule has 0 aliphatic carbocycles. The first-order valence-electron chi connectivity index (χ1n) is 9.74. The number of hydrogen-bond donors (Lipinski definition) is 1. The molecule has 1 N–H and O–H groups in total. The van der Waals surface area contributed by atoms with Gasteiger partial charge >= 0.3 is 0 Å². The van der Waals surface area contributed by atoms with Crippen LogP contribution in [0.4, 0.5) is 5.95 Å².